The number of carboxylic acid groups (broad SMARTS) is 1. The lowest BCUT2D eigenvalue weighted by molar-refractivity contribution is -0.145. The predicted molar refractivity (Wildman–Crippen MR) is 161 cm³/mol. The zero-order valence-electron chi connectivity index (χ0n) is 24.8. The maximum Gasteiger partial charge on any atom is 0.321 e. The van der Waals surface area contributed by atoms with E-state index in [4.69, 9.17) is 5.10 Å². The molecule has 0 radical (unpaired) electrons. The van der Waals surface area contributed by atoms with Crippen LogP contribution in [0.25, 0.3) is 0 Å². The maximum absolute atomic E-state index is 14.2. The predicted octanol–water partition coefficient (Wildman–Crippen LogP) is 6.03. The van der Waals surface area contributed by atoms with Crippen molar-refractivity contribution in [2.75, 3.05) is 32.7 Å². The second kappa shape index (κ2) is 13.3. The number of nitrogens with zero attached hydrogens (tertiary/aromatic N) is 4. The van der Waals surface area contributed by atoms with Crippen LogP contribution in [0.1, 0.15) is 74.4 Å². The van der Waals surface area contributed by atoms with Crippen molar-refractivity contribution in [3.05, 3.63) is 89.0 Å². The molecule has 3 heterocycles. The van der Waals surface area contributed by atoms with Gasteiger partial charge in [0.2, 0.25) is 0 Å². The van der Waals surface area contributed by atoms with Crippen molar-refractivity contribution in [3.63, 3.8) is 0 Å². The summed E-state index contributed by atoms with van der Waals surface area (Å²) in [7, 11) is 0. The molecule has 1 aromatic heterocycles. The largest absolute Gasteiger partial charge is 0.480 e. The first-order chi connectivity index (χ1) is 19.9. The van der Waals surface area contributed by atoms with E-state index in [1.807, 2.05) is 19.1 Å². The number of aliphatic carboxylic acids is 1. The number of hydrogen-bond donors (Lipinski definition) is 1. The highest BCUT2D eigenvalue weighted by Gasteiger charge is 2.42. The Hall–Kier alpha value is -3.03. The minimum Gasteiger partial charge on any atom is -0.480 e. The van der Waals surface area contributed by atoms with Crippen LogP contribution < -0.4 is 0 Å². The molecule has 4 atom stereocenters. The Bertz CT molecular complexity index is 1290. The second-order valence-electron chi connectivity index (χ2n) is 12.2. The first-order valence-corrected chi connectivity index (χ1v) is 15.4. The van der Waals surface area contributed by atoms with Crippen molar-refractivity contribution in [2.24, 2.45) is 11.8 Å². The molecule has 220 valence electrons. The number of piperidine rings is 1. The molecule has 6 nitrogen and oxygen atoms in total. The smallest absolute Gasteiger partial charge is 0.321 e. The molecular weight excluding hydrogens is 515 g/mol. The molecule has 5 rings (SSSR count). The van der Waals surface area contributed by atoms with E-state index in [-0.39, 0.29) is 23.6 Å². The fourth-order valence-electron chi connectivity index (χ4n) is 7.12. The van der Waals surface area contributed by atoms with E-state index in [9.17, 15) is 14.3 Å². The molecule has 0 unspecified atom stereocenters. The van der Waals surface area contributed by atoms with E-state index >= 15 is 0 Å². The SMILES string of the molecule is CC[C@@H](C)[C@H](C(=O)O)N1C[C@H](CN2CCC(c3cc(Cc4ccccc4)nn3CC)CC2)[C@@H](c2cccc(F)c2)C1. The Kier molecular flexibility index (Phi) is 9.56. The first kappa shape index (κ1) is 29.5. The van der Waals surface area contributed by atoms with Gasteiger partial charge >= 0.3 is 5.97 Å². The van der Waals surface area contributed by atoms with Crippen LogP contribution >= 0.6 is 0 Å². The van der Waals surface area contributed by atoms with Gasteiger partial charge in [-0.25, -0.2) is 4.39 Å². The number of rotatable bonds is 11. The Labute approximate surface area is 244 Å². The summed E-state index contributed by atoms with van der Waals surface area (Å²) >= 11 is 0. The van der Waals surface area contributed by atoms with Gasteiger partial charge in [-0.1, -0.05) is 62.7 Å². The number of aryl methyl sites for hydroxylation is 1. The summed E-state index contributed by atoms with van der Waals surface area (Å²) in [5.74, 6) is -0.0434. The Morgan fingerprint density at radius 3 is 2.46 bits per heavy atom. The first-order valence-electron chi connectivity index (χ1n) is 15.4. The van der Waals surface area contributed by atoms with Crippen molar-refractivity contribution in [1.82, 2.24) is 19.6 Å². The number of likely N-dealkylation sites (tertiary alicyclic amines) is 2. The van der Waals surface area contributed by atoms with Gasteiger partial charge in [-0.05, 0) is 74.0 Å². The summed E-state index contributed by atoms with van der Waals surface area (Å²) in [4.78, 5) is 17.0. The molecule has 2 fully saturated rings. The molecular formula is C34H45FN4O2. The molecule has 0 bridgehead atoms. The molecule has 3 aromatic rings. The summed E-state index contributed by atoms with van der Waals surface area (Å²) in [6, 6.07) is 19.3. The third-order valence-electron chi connectivity index (χ3n) is 9.46. The van der Waals surface area contributed by atoms with Crippen molar-refractivity contribution in [3.8, 4) is 0 Å². The van der Waals surface area contributed by atoms with Crippen LogP contribution in [0.15, 0.2) is 60.7 Å². The summed E-state index contributed by atoms with van der Waals surface area (Å²) in [6.07, 6.45) is 3.84. The number of benzene rings is 2. The minimum atomic E-state index is -0.752. The molecule has 2 saturated heterocycles. The number of aromatic nitrogens is 2. The molecule has 2 aliphatic rings. The minimum absolute atomic E-state index is 0.0605. The van der Waals surface area contributed by atoms with E-state index in [1.165, 1.54) is 17.3 Å². The standard InChI is InChI=1S/C34H45FN4O2/c1-4-24(3)33(34(40)41)38-22-28(31(23-38)27-12-9-13-29(35)19-27)21-37-16-14-26(15-17-37)32-20-30(36-39(32)5-2)18-25-10-7-6-8-11-25/h6-13,19-20,24,26,28,31,33H,4-5,14-18,21-23H2,1-3H3,(H,40,41)/t24-,28+,31-,33-/m1/s1. The lowest BCUT2D eigenvalue weighted by Crippen LogP contribution is -2.45. The summed E-state index contributed by atoms with van der Waals surface area (Å²) in [5.41, 5.74) is 4.75. The molecule has 2 aliphatic heterocycles. The quantitative estimate of drug-likeness (QED) is 0.310. The molecule has 0 saturated carbocycles. The van der Waals surface area contributed by atoms with Crippen LogP contribution in [-0.4, -0.2) is 69.4 Å². The van der Waals surface area contributed by atoms with Crippen molar-refractivity contribution >= 4 is 5.97 Å². The van der Waals surface area contributed by atoms with E-state index in [0.29, 0.717) is 12.5 Å². The van der Waals surface area contributed by atoms with Gasteiger partial charge in [-0.3, -0.25) is 14.4 Å². The van der Waals surface area contributed by atoms with Crippen LogP contribution in [-0.2, 0) is 17.8 Å². The molecule has 0 amide bonds. The molecule has 1 N–H and O–H groups in total. The number of hydrogen-bond acceptors (Lipinski definition) is 4. The second-order valence-corrected chi connectivity index (χ2v) is 12.2. The third kappa shape index (κ3) is 6.90. The fraction of sp³-hybridized carbons (Fsp3) is 0.529. The molecule has 7 heteroatoms. The summed E-state index contributed by atoms with van der Waals surface area (Å²) in [5, 5.41) is 15.0. The van der Waals surface area contributed by atoms with Crippen molar-refractivity contribution in [1.29, 1.82) is 0 Å². The van der Waals surface area contributed by atoms with Crippen LogP contribution in [0.4, 0.5) is 4.39 Å². The van der Waals surface area contributed by atoms with E-state index in [2.05, 4.69) is 58.7 Å². The average Bonchev–Trinajstić information content (AvgIpc) is 3.57. The van der Waals surface area contributed by atoms with Gasteiger partial charge < -0.3 is 10.0 Å². The number of carboxylic acids is 1. The van der Waals surface area contributed by atoms with Gasteiger partial charge in [-0.2, -0.15) is 5.10 Å². The average molecular weight is 561 g/mol. The van der Waals surface area contributed by atoms with Gasteiger partial charge in [-0.15, -0.1) is 0 Å². The molecule has 0 aliphatic carbocycles. The summed E-state index contributed by atoms with van der Waals surface area (Å²) in [6.45, 7) is 11.4. The summed E-state index contributed by atoms with van der Waals surface area (Å²) < 4.78 is 16.4. The normalized spacial score (nSPS) is 22.1. The lowest BCUT2D eigenvalue weighted by Gasteiger charge is -2.35. The van der Waals surface area contributed by atoms with Crippen molar-refractivity contribution < 1.29 is 14.3 Å². The van der Waals surface area contributed by atoms with E-state index < -0.39 is 12.0 Å². The highest BCUT2D eigenvalue weighted by molar-refractivity contribution is 5.74. The van der Waals surface area contributed by atoms with Crippen LogP contribution in [0, 0.1) is 17.7 Å². The Morgan fingerprint density at radius 2 is 1.80 bits per heavy atom. The highest BCUT2D eigenvalue weighted by atomic mass is 19.1. The van der Waals surface area contributed by atoms with Crippen LogP contribution in [0.5, 0.6) is 0 Å². The van der Waals surface area contributed by atoms with E-state index in [0.717, 1.165) is 69.7 Å². The third-order valence-corrected chi connectivity index (χ3v) is 9.46. The number of carbonyl (C=O) groups is 1. The zero-order valence-corrected chi connectivity index (χ0v) is 24.8. The van der Waals surface area contributed by atoms with Gasteiger partial charge in [0.25, 0.3) is 0 Å². The van der Waals surface area contributed by atoms with Gasteiger partial charge in [0.05, 0.1) is 5.69 Å². The zero-order chi connectivity index (χ0) is 28.9. The van der Waals surface area contributed by atoms with Gasteiger partial charge in [0, 0.05) is 50.1 Å². The lowest BCUT2D eigenvalue weighted by atomic mass is 9.87. The van der Waals surface area contributed by atoms with Gasteiger partial charge in [0.15, 0.2) is 0 Å². The van der Waals surface area contributed by atoms with Gasteiger partial charge in [0.1, 0.15) is 11.9 Å². The fourth-order valence-corrected chi connectivity index (χ4v) is 7.12. The maximum atomic E-state index is 14.2. The highest BCUT2D eigenvalue weighted by Crippen LogP contribution is 2.37. The topological polar surface area (TPSA) is 61.6 Å². The molecule has 0 spiro atoms. The van der Waals surface area contributed by atoms with Crippen molar-refractivity contribution in [2.45, 2.75) is 70.9 Å². The molecule has 41 heavy (non-hydrogen) atoms. The van der Waals surface area contributed by atoms with Crippen LogP contribution in [0.3, 0.4) is 0 Å². The monoisotopic (exact) mass is 560 g/mol. The number of halogens is 1. The Balaban J connectivity index is 1.26. The van der Waals surface area contributed by atoms with Crippen LogP contribution in [0.2, 0.25) is 0 Å². The molecule has 2 aromatic carbocycles. The van der Waals surface area contributed by atoms with E-state index in [1.54, 1.807) is 12.1 Å². The Morgan fingerprint density at radius 1 is 1.05 bits per heavy atom.